The minimum atomic E-state index is -3.24. The number of sulfonamides is 1. The molecule has 0 aromatic heterocycles. The van der Waals surface area contributed by atoms with E-state index in [4.69, 9.17) is 5.11 Å². The van der Waals surface area contributed by atoms with Crippen LogP contribution in [0.3, 0.4) is 0 Å². The number of rotatable bonds is 6. The molecule has 0 heterocycles. The highest BCUT2D eigenvalue weighted by molar-refractivity contribution is 7.89. The number of hydrogen-bond acceptors (Lipinski definition) is 3. The molecule has 5 nitrogen and oxygen atoms in total. The van der Waals surface area contributed by atoms with Crippen molar-refractivity contribution >= 4 is 16.0 Å². The summed E-state index contributed by atoms with van der Waals surface area (Å²) in [5, 5.41) is 8.92. The smallest absolute Gasteiger partial charge is 0.306 e. The second-order valence-electron chi connectivity index (χ2n) is 4.69. The third-order valence-corrected chi connectivity index (χ3v) is 4.65. The predicted octanol–water partition coefficient (Wildman–Crippen LogP) is 1.35. The van der Waals surface area contributed by atoms with Gasteiger partial charge in [-0.05, 0) is 25.7 Å². The fourth-order valence-electron chi connectivity index (χ4n) is 2.17. The number of aliphatic carboxylic acids is 1. The standard InChI is InChI=1S/C11H21NO4S/c1-2-3-7-17(15,16)12-10-6-4-5-9(8-10)11(13)14/h9-10,12H,2-8H2,1H3,(H,13,14). The zero-order valence-corrected chi connectivity index (χ0v) is 11.0. The molecule has 2 N–H and O–H groups in total. The molecule has 1 aliphatic rings. The van der Waals surface area contributed by atoms with Crippen molar-refractivity contribution in [3.63, 3.8) is 0 Å². The van der Waals surface area contributed by atoms with E-state index in [9.17, 15) is 13.2 Å². The van der Waals surface area contributed by atoms with Crippen LogP contribution in [0.2, 0.25) is 0 Å². The van der Waals surface area contributed by atoms with Gasteiger partial charge in [0.15, 0.2) is 0 Å². The summed E-state index contributed by atoms with van der Waals surface area (Å²) in [6.45, 7) is 1.94. The van der Waals surface area contributed by atoms with Crippen LogP contribution in [0, 0.1) is 5.92 Å². The first-order valence-corrected chi connectivity index (χ1v) is 7.82. The van der Waals surface area contributed by atoms with Crippen molar-refractivity contribution in [2.45, 2.75) is 51.5 Å². The first-order chi connectivity index (χ1) is 7.94. The topological polar surface area (TPSA) is 83.5 Å². The summed E-state index contributed by atoms with van der Waals surface area (Å²) in [5.41, 5.74) is 0. The van der Waals surface area contributed by atoms with E-state index in [-0.39, 0.29) is 11.8 Å². The number of carbonyl (C=O) groups is 1. The van der Waals surface area contributed by atoms with E-state index in [1.54, 1.807) is 0 Å². The zero-order valence-electron chi connectivity index (χ0n) is 10.2. The average Bonchev–Trinajstić information content (AvgIpc) is 2.26. The average molecular weight is 263 g/mol. The second kappa shape index (κ2) is 6.35. The maximum absolute atomic E-state index is 11.7. The fraction of sp³-hybridized carbons (Fsp3) is 0.909. The van der Waals surface area contributed by atoms with Crippen LogP contribution in [-0.4, -0.2) is 31.3 Å². The van der Waals surface area contributed by atoms with Gasteiger partial charge in [-0.25, -0.2) is 13.1 Å². The van der Waals surface area contributed by atoms with E-state index in [1.807, 2.05) is 6.92 Å². The van der Waals surface area contributed by atoms with Crippen LogP contribution in [0.1, 0.15) is 45.4 Å². The van der Waals surface area contributed by atoms with E-state index in [0.717, 1.165) is 19.3 Å². The van der Waals surface area contributed by atoms with Gasteiger partial charge in [0.1, 0.15) is 0 Å². The minimum Gasteiger partial charge on any atom is -0.481 e. The first kappa shape index (κ1) is 14.4. The molecule has 17 heavy (non-hydrogen) atoms. The van der Waals surface area contributed by atoms with E-state index >= 15 is 0 Å². The van der Waals surface area contributed by atoms with Gasteiger partial charge in [-0.1, -0.05) is 19.8 Å². The van der Waals surface area contributed by atoms with Gasteiger partial charge in [0.2, 0.25) is 10.0 Å². The van der Waals surface area contributed by atoms with Crippen molar-refractivity contribution < 1.29 is 18.3 Å². The molecule has 0 saturated heterocycles. The Bertz CT molecular complexity index is 352. The van der Waals surface area contributed by atoms with E-state index in [0.29, 0.717) is 19.3 Å². The van der Waals surface area contributed by atoms with Crippen molar-refractivity contribution in [2.75, 3.05) is 5.75 Å². The molecule has 0 aliphatic heterocycles. The number of carboxylic acids is 1. The first-order valence-electron chi connectivity index (χ1n) is 6.17. The van der Waals surface area contributed by atoms with Crippen LogP contribution in [0.15, 0.2) is 0 Å². The summed E-state index contributed by atoms with van der Waals surface area (Å²) in [7, 11) is -3.24. The molecule has 0 amide bonds. The zero-order chi connectivity index (χ0) is 12.9. The molecule has 0 aromatic rings. The van der Waals surface area contributed by atoms with E-state index in [1.165, 1.54) is 0 Å². The molecule has 100 valence electrons. The summed E-state index contributed by atoms with van der Waals surface area (Å²) in [6.07, 6.45) is 4.07. The fourth-order valence-corrected chi connectivity index (χ4v) is 3.68. The highest BCUT2D eigenvalue weighted by Gasteiger charge is 2.29. The van der Waals surface area contributed by atoms with Gasteiger partial charge in [-0.15, -0.1) is 0 Å². The Kier molecular flexibility index (Phi) is 5.39. The Morgan fingerprint density at radius 2 is 2.12 bits per heavy atom. The lowest BCUT2D eigenvalue weighted by atomic mass is 9.86. The van der Waals surface area contributed by atoms with Gasteiger partial charge >= 0.3 is 5.97 Å². The highest BCUT2D eigenvalue weighted by atomic mass is 32.2. The predicted molar refractivity (Wildman–Crippen MR) is 65.2 cm³/mol. The van der Waals surface area contributed by atoms with Crippen molar-refractivity contribution in [2.24, 2.45) is 5.92 Å². The van der Waals surface area contributed by atoms with Gasteiger partial charge in [0, 0.05) is 6.04 Å². The monoisotopic (exact) mass is 263 g/mol. The molecular weight excluding hydrogens is 242 g/mol. The van der Waals surface area contributed by atoms with E-state index in [2.05, 4.69) is 4.72 Å². The minimum absolute atomic E-state index is 0.137. The molecule has 1 fully saturated rings. The van der Waals surface area contributed by atoms with Crippen LogP contribution in [0.5, 0.6) is 0 Å². The molecule has 0 aromatic carbocycles. The highest BCUT2D eigenvalue weighted by Crippen LogP contribution is 2.24. The number of carboxylic acid groups (broad SMARTS) is 1. The van der Waals surface area contributed by atoms with Crippen molar-refractivity contribution in [3.8, 4) is 0 Å². The molecule has 1 rings (SSSR count). The molecular formula is C11H21NO4S. The van der Waals surface area contributed by atoms with Crippen molar-refractivity contribution in [3.05, 3.63) is 0 Å². The van der Waals surface area contributed by atoms with Gasteiger partial charge in [0.05, 0.1) is 11.7 Å². The maximum atomic E-state index is 11.7. The van der Waals surface area contributed by atoms with Gasteiger partial charge in [-0.2, -0.15) is 0 Å². The number of hydrogen-bond donors (Lipinski definition) is 2. The van der Waals surface area contributed by atoms with Gasteiger partial charge in [-0.3, -0.25) is 4.79 Å². The molecule has 2 unspecified atom stereocenters. The molecule has 0 radical (unpaired) electrons. The summed E-state index contributed by atoms with van der Waals surface area (Å²) >= 11 is 0. The maximum Gasteiger partial charge on any atom is 0.306 e. The SMILES string of the molecule is CCCCS(=O)(=O)NC1CCCC(C(=O)O)C1. The van der Waals surface area contributed by atoms with Gasteiger partial charge < -0.3 is 5.11 Å². The van der Waals surface area contributed by atoms with Crippen LogP contribution in [0.4, 0.5) is 0 Å². The van der Waals surface area contributed by atoms with Crippen LogP contribution in [-0.2, 0) is 14.8 Å². The quantitative estimate of drug-likeness (QED) is 0.757. The summed E-state index contributed by atoms with van der Waals surface area (Å²) in [5.74, 6) is -1.08. The molecule has 1 saturated carbocycles. The second-order valence-corrected chi connectivity index (χ2v) is 6.56. The summed E-state index contributed by atoms with van der Waals surface area (Å²) < 4.78 is 26.0. The lowest BCUT2D eigenvalue weighted by molar-refractivity contribution is -0.143. The van der Waals surface area contributed by atoms with Crippen LogP contribution < -0.4 is 4.72 Å². The number of nitrogens with one attached hydrogen (secondary N) is 1. The number of unbranched alkanes of at least 4 members (excludes halogenated alkanes) is 1. The molecule has 0 spiro atoms. The molecule has 2 atom stereocenters. The van der Waals surface area contributed by atoms with Gasteiger partial charge in [0.25, 0.3) is 0 Å². The largest absolute Gasteiger partial charge is 0.481 e. The molecule has 1 aliphatic carbocycles. The normalized spacial score (nSPS) is 25.7. The molecule has 0 bridgehead atoms. The third-order valence-electron chi connectivity index (χ3n) is 3.14. The van der Waals surface area contributed by atoms with E-state index < -0.39 is 21.9 Å². The Morgan fingerprint density at radius 3 is 2.71 bits per heavy atom. The van der Waals surface area contributed by atoms with Crippen LogP contribution >= 0.6 is 0 Å². The lowest BCUT2D eigenvalue weighted by Gasteiger charge is -2.27. The Morgan fingerprint density at radius 1 is 1.41 bits per heavy atom. The Hall–Kier alpha value is -0.620. The third kappa shape index (κ3) is 5.04. The van der Waals surface area contributed by atoms with Crippen molar-refractivity contribution in [1.82, 2.24) is 4.72 Å². The van der Waals surface area contributed by atoms with Crippen LogP contribution in [0.25, 0.3) is 0 Å². The lowest BCUT2D eigenvalue weighted by Crippen LogP contribution is -2.40. The summed E-state index contributed by atoms with van der Waals surface area (Å²) in [4.78, 5) is 10.9. The summed E-state index contributed by atoms with van der Waals surface area (Å²) in [6, 6.07) is -0.202. The Labute approximate surface area is 103 Å². The van der Waals surface area contributed by atoms with Crippen molar-refractivity contribution in [1.29, 1.82) is 0 Å². The molecule has 6 heteroatoms. The Balaban J connectivity index is 2.48.